The molecule has 2 aromatic rings. The molecule has 0 amide bonds. The third-order valence-electron chi connectivity index (χ3n) is 2.19. The summed E-state index contributed by atoms with van der Waals surface area (Å²) >= 11 is 2.08. The average Bonchev–Trinajstić information content (AvgIpc) is 2.76. The number of fused-ring (bicyclic) bond motifs is 1. The second-order valence-corrected chi connectivity index (χ2v) is 5.23. The van der Waals surface area contributed by atoms with Crippen LogP contribution in [0.1, 0.15) is 5.56 Å². The Kier molecular flexibility index (Phi) is 3.83. The normalized spacial score (nSPS) is 12.8. The Morgan fingerprint density at radius 1 is 1.53 bits per heavy atom. The topological polar surface area (TPSA) is 34.9 Å². The first-order chi connectivity index (χ1) is 8.17. The van der Waals surface area contributed by atoms with Crippen molar-refractivity contribution in [3.8, 4) is 0 Å². The molecule has 7 heteroatoms. The molecule has 1 aromatic heterocycles. The molecule has 0 bridgehead atoms. The van der Waals surface area contributed by atoms with Crippen molar-refractivity contribution in [1.82, 2.24) is 9.55 Å². The van der Waals surface area contributed by atoms with Gasteiger partial charge in [0.2, 0.25) is 0 Å². The van der Waals surface area contributed by atoms with Gasteiger partial charge in [-0.05, 0) is 28.1 Å². The van der Waals surface area contributed by atoms with Crippen LogP contribution in [-0.2, 0) is 4.79 Å². The van der Waals surface area contributed by atoms with Crippen LogP contribution in [0.5, 0.6) is 0 Å². The van der Waals surface area contributed by atoms with Crippen molar-refractivity contribution in [1.29, 1.82) is 0 Å². The van der Waals surface area contributed by atoms with E-state index < -0.39 is 11.6 Å². The lowest BCUT2D eigenvalue weighted by molar-refractivity contribution is -0.106. The molecule has 17 heavy (non-hydrogen) atoms. The van der Waals surface area contributed by atoms with Crippen molar-refractivity contribution in [2.75, 3.05) is 0 Å². The van der Waals surface area contributed by atoms with Crippen molar-refractivity contribution < 1.29 is 13.6 Å². The number of hydrogen-bond acceptors (Lipinski definition) is 2. The van der Waals surface area contributed by atoms with Crippen LogP contribution >= 0.6 is 28.4 Å². The highest BCUT2D eigenvalue weighted by atomic mass is 127. The van der Waals surface area contributed by atoms with Crippen LogP contribution in [0.3, 0.4) is 0 Å². The minimum absolute atomic E-state index is 0.0403. The fourth-order valence-corrected chi connectivity index (χ4v) is 2.96. The van der Waals surface area contributed by atoms with Crippen LogP contribution in [0.2, 0.25) is 0 Å². The summed E-state index contributed by atoms with van der Waals surface area (Å²) in [5.41, 5.74) is 0.365. The minimum Gasteiger partial charge on any atom is -0.295 e. The lowest BCUT2D eigenvalue weighted by atomic mass is 10.1. The average molecular weight is 366 g/mol. The van der Waals surface area contributed by atoms with Gasteiger partial charge >= 0.3 is 0 Å². The van der Waals surface area contributed by atoms with Crippen molar-refractivity contribution in [3.05, 3.63) is 35.5 Å². The Bertz CT molecular complexity index is 612. The fraction of sp³-hybridized carbons (Fsp3) is 0. The van der Waals surface area contributed by atoms with Crippen LogP contribution in [-0.4, -0.2) is 15.8 Å². The molecule has 0 aliphatic rings. The molecule has 2 rings (SSSR count). The molecule has 0 aliphatic heterocycles. The molecule has 1 atom stereocenters. The summed E-state index contributed by atoms with van der Waals surface area (Å²) in [6.45, 7) is 0. The number of aldehydes is 1. The first kappa shape index (κ1) is 12.6. The Balaban J connectivity index is 2.67. The van der Waals surface area contributed by atoms with E-state index in [1.165, 1.54) is 10.5 Å². The molecule has 3 nitrogen and oxygen atoms in total. The zero-order valence-electron chi connectivity index (χ0n) is 8.32. The summed E-state index contributed by atoms with van der Waals surface area (Å²) in [6, 6.07) is 3.06. The van der Waals surface area contributed by atoms with Gasteiger partial charge < -0.3 is 0 Å². The number of allylic oxidation sites excluding steroid dienone is 1. The first-order valence-electron chi connectivity index (χ1n) is 4.52. The highest BCUT2D eigenvalue weighted by Crippen LogP contribution is 2.31. The van der Waals surface area contributed by atoms with Gasteiger partial charge in [-0.1, -0.05) is 12.1 Å². The number of nitrogens with zero attached hydrogens (tertiary/aromatic N) is 2. The quantitative estimate of drug-likeness (QED) is 0.361. The second-order valence-electron chi connectivity index (χ2n) is 3.19. The van der Waals surface area contributed by atoms with Gasteiger partial charge in [-0.15, -0.1) is 0 Å². The van der Waals surface area contributed by atoms with Gasteiger partial charge in [0, 0.05) is 10.9 Å². The van der Waals surface area contributed by atoms with E-state index in [4.69, 9.17) is 0 Å². The van der Waals surface area contributed by atoms with Gasteiger partial charge in [0.1, 0.15) is 5.52 Å². The Hall–Kier alpha value is -0.880. The molecule has 0 fully saturated rings. The van der Waals surface area contributed by atoms with Gasteiger partial charge in [-0.3, -0.25) is 4.79 Å². The van der Waals surface area contributed by atoms with E-state index in [0.29, 0.717) is 10.9 Å². The van der Waals surface area contributed by atoms with Crippen LogP contribution in [0.25, 0.3) is 17.0 Å². The molecule has 1 unspecified atom stereocenters. The summed E-state index contributed by atoms with van der Waals surface area (Å²) < 4.78 is 28.4. The summed E-state index contributed by atoms with van der Waals surface area (Å²) in [5.74, 6) is -1.58. The maximum absolute atomic E-state index is 14.1. The highest BCUT2D eigenvalue weighted by molar-refractivity contribution is 14.2. The summed E-state index contributed by atoms with van der Waals surface area (Å²) in [5, 5.41) is 4.66. The van der Waals surface area contributed by atoms with E-state index in [2.05, 4.69) is 27.1 Å². The molecule has 1 heterocycles. The van der Waals surface area contributed by atoms with Gasteiger partial charge in [-0.25, -0.2) is 13.2 Å². The molecule has 0 aliphatic carbocycles. The SMILES string of the molecule is O=C/C(F)=C/c1ccc2cnn(PI)c2c1F. The predicted octanol–water partition coefficient (Wildman–Crippen LogP) is 3.48. The Morgan fingerprint density at radius 3 is 2.94 bits per heavy atom. The predicted molar refractivity (Wildman–Crippen MR) is 72.6 cm³/mol. The molecule has 0 saturated heterocycles. The summed E-state index contributed by atoms with van der Waals surface area (Å²) in [7, 11) is 0. The van der Waals surface area contributed by atoms with Gasteiger partial charge in [0.15, 0.2) is 17.9 Å². The second kappa shape index (κ2) is 5.18. The van der Waals surface area contributed by atoms with Crippen molar-refractivity contribution in [3.63, 3.8) is 0 Å². The number of hydrogen-bond donors (Lipinski definition) is 0. The summed E-state index contributed by atoms with van der Waals surface area (Å²) in [6.07, 6.45) is 2.71. The van der Waals surface area contributed by atoms with Gasteiger partial charge in [0.25, 0.3) is 0 Å². The summed E-state index contributed by atoms with van der Waals surface area (Å²) in [4.78, 5) is 10.2. The maximum Gasteiger partial charge on any atom is 0.178 e. The minimum atomic E-state index is -1.01. The van der Waals surface area contributed by atoms with E-state index in [9.17, 15) is 13.6 Å². The Labute approximate surface area is 110 Å². The van der Waals surface area contributed by atoms with Crippen LogP contribution in [0, 0.1) is 5.82 Å². The lowest BCUT2D eigenvalue weighted by Crippen LogP contribution is -1.90. The zero-order chi connectivity index (χ0) is 12.4. The molecule has 0 N–H and O–H groups in total. The third-order valence-corrected chi connectivity index (χ3v) is 4.06. The Morgan fingerprint density at radius 2 is 2.29 bits per heavy atom. The first-order valence-corrected chi connectivity index (χ1v) is 8.58. The maximum atomic E-state index is 14.1. The van der Waals surface area contributed by atoms with E-state index in [1.54, 1.807) is 12.3 Å². The van der Waals surface area contributed by atoms with Crippen LogP contribution in [0.15, 0.2) is 24.2 Å². The zero-order valence-corrected chi connectivity index (χ0v) is 11.5. The largest absolute Gasteiger partial charge is 0.295 e. The molecule has 0 spiro atoms. The standard InChI is InChI=1S/C10H6F2IN2OP/c11-8(5-16)3-6-1-2-7-4-14-15(17-13)10(7)9(6)12/h1-5,17H/b8-3-. The van der Waals surface area contributed by atoms with E-state index in [0.717, 1.165) is 6.08 Å². The van der Waals surface area contributed by atoms with Crippen molar-refractivity contribution >= 4 is 51.7 Å². The number of carbonyl (C=O) groups excluding carboxylic acids is 1. The lowest BCUT2D eigenvalue weighted by Gasteiger charge is -2.02. The number of rotatable bonds is 3. The number of aromatic nitrogens is 2. The molecular formula is C10H6F2IN2OP. The third kappa shape index (κ3) is 2.37. The van der Waals surface area contributed by atoms with E-state index >= 15 is 0 Å². The van der Waals surface area contributed by atoms with Crippen molar-refractivity contribution in [2.24, 2.45) is 0 Å². The number of carbonyl (C=O) groups is 1. The van der Waals surface area contributed by atoms with Crippen LogP contribution in [0.4, 0.5) is 8.78 Å². The molecule has 88 valence electrons. The molecule has 1 aromatic carbocycles. The van der Waals surface area contributed by atoms with Crippen LogP contribution < -0.4 is 0 Å². The van der Waals surface area contributed by atoms with Gasteiger partial charge in [0.05, 0.1) is 12.6 Å². The molecular weight excluding hydrogens is 360 g/mol. The monoisotopic (exact) mass is 366 g/mol. The molecule has 0 saturated carbocycles. The smallest absolute Gasteiger partial charge is 0.178 e. The molecule has 0 radical (unpaired) electrons. The van der Waals surface area contributed by atoms with Gasteiger partial charge in [-0.2, -0.15) is 5.10 Å². The van der Waals surface area contributed by atoms with E-state index in [1.807, 2.05) is 0 Å². The number of halogens is 3. The van der Waals surface area contributed by atoms with E-state index in [-0.39, 0.29) is 18.2 Å². The highest BCUT2D eigenvalue weighted by Gasteiger charge is 2.11. The van der Waals surface area contributed by atoms with Crippen molar-refractivity contribution in [2.45, 2.75) is 0 Å². The number of benzene rings is 1. The fourth-order valence-electron chi connectivity index (χ4n) is 1.45.